The van der Waals surface area contributed by atoms with Gasteiger partial charge in [-0.3, -0.25) is 15.5 Å². The van der Waals surface area contributed by atoms with Crippen molar-refractivity contribution in [1.29, 1.82) is 5.41 Å². The molecule has 0 saturated heterocycles. The highest BCUT2D eigenvalue weighted by molar-refractivity contribution is 7.89. The molecule has 0 unspecified atom stereocenters. The highest BCUT2D eigenvalue weighted by Crippen LogP contribution is 2.18. The number of aromatic nitrogens is 1. The Morgan fingerprint density at radius 1 is 1.38 bits per heavy atom. The molecule has 2 aromatic rings. The summed E-state index contributed by atoms with van der Waals surface area (Å²) in [7, 11) is -0.774. The molecule has 0 aliphatic heterocycles. The first kappa shape index (κ1) is 20.1. The summed E-state index contributed by atoms with van der Waals surface area (Å²) < 4.78 is 43.7. The predicted octanol–water partition coefficient (Wildman–Crippen LogP) is 1.56. The zero-order valence-corrected chi connectivity index (χ0v) is 15.7. The summed E-state index contributed by atoms with van der Waals surface area (Å²) >= 11 is 0.643. The average Bonchev–Trinajstić information content (AvgIpc) is 3.03. The van der Waals surface area contributed by atoms with Crippen molar-refractivity contribution in [2.45, 2.75) is 4.90 Å². The molecule has 0 fully saturated rings. The number of anilines is 1. The Labute approximate surface area is 154 Å². The van der Waals surface area contributed by atoms with Crippen LogP contribution in [0.4, 0.5) is 9.52 Å². The smallest absolute Gasteiger partial charge is 0.275 e. The number of hydrogen-bond donors (Lipinski definition) is 2. The van der Waals surface area contributed by atoms with Crippen LogP contribution in [-0.2, 0) is 19.6 Å². The Morgan fingerprint density at radius 2 is 2.04 bits per heavy atom. The van der Waals surface area contributed by atoms with Crippen LogP contribution >= 0.6 is 11.3 Å². The van der Waals surface area contributed by atoms with Crippen LogP contribution in [0.3, 0.4) is 0 Å². The average molecular weight is 400 g/mol. The van der Waals surface area contributed by atoms with Gasteiger partial charge in [0, 0.05) is 26.3 Å². The van der Waals surface area contributed by atoms with E-state index in [1.165, 1.54) is 38.4 Å². The fraction of sp³-hybridized carbons (Fsp3) is 0.267. The Hall–Kier alpha value is -2.21. The number of hydrogen-bond acceptors (Lipinski definition) is 7. The second-order valence-electron chi connectivity index (χ2n) is 5.14. The van der Waals surface area contributed by atoms with E-state index >= 15 is 0 Å². The van der Waals surface area contributed by atoms with Crippen molar-refractivity contribution in [2.75, 3.05) is 32.6 Å². The Kier molecular flexibility index (Phi) is 6.53. The van der Waals surface area contributed by atoms with Gasteiger partial charge in [0.25, 0.3) is 5.91 Å². The normalized spacial score (nSPS) is 11.5. The van der Waals surface area contributed by atoms with E-state index in [1.807, 2.05) is 0 Å². The molecule has 0 bridgehead atoms. The van der Waals surface area contributed by atoms with Gasteiger partial charge in [-0.25, -0.2) is 13.4 Å². The van der Waals surface area contributed by atoms with E-state index in [9.17, 15) is 17.6 Å². The molecule has 26 heavy (non-hydrogen) atoms. The number of carbonyl (C=O) groups excluding carboxylic acids is 1. The largest absolute Gasteiger partial charge is 0.383 e. The van der Waals surface area contributed by atoms with E-state index in [4.69, 9.17) is 10.1 Å². The van der Waals surface area contributed by atoms with Crippen molar-refractivity contribution in [3.63, 3.8) is 0 Å². The maximum atomic E-state index is 12.9. The molecule has 0 radical (unpaired) electrons. The second-order valence-corrected chi connectivity index (χ2v) is 8.17. The van der Waals surface area contributed by atoms with Gasteiger partial charge >= 0.3 is 0 Å². The molecule has 11 heteroatoms. The summed E-state index contributed by atoms with van der Waals surface area (Å²) in [5.41, 5.74) is -0.171. The summed E-state index contributed by atoms with van der Waals surface area (Å²) in [5, 5.41) is 9.68. The van der Waals surface area contributed by atoms with Crippen molar-refractivity contribution in [3.8, 4) is 0 Å². The van der Waals surface area contributed by atoms with Crippen LogP contribution in [0.5, 0.6) is 0 Å². The molecular formula is C15H17FN4O4S2. The number of nitrogens with one attached hydrogen (secondary N) is 2. The lowest BCUT2D eigenvalue weighted by molar-refractivity contribution is -0.110. The molecule has 0 aliphatic carbocycles. The number of amides is 1. The maximum absolute atomic E-state index is 12.9. The molecule has 0 saturated carbocycles. The predicted molar refractivity (Wildman–Crippen MR) is 95.7 cm³/mol. The standard InChI is InChI=1S/C15H17FN4O4S2/c1-20(7-8-24-2)26(22,23)11-5-3-10(4-6-11)13(17)14(21)19-15-18-9-12(16)25-15/h3-6,9,17H,7-8H2,1-2H3,(H,18,19,21). The summed E-state index contributed by atoms with van der Waals surface area (Å²) in [6.45, 7) is 0.458. The molecular weight excluding hydrogens is 383 g/mol. The third kappa shape index (κ3) is 4.69. The molecule has 1 amide bonds. The fourth-order valence-corrected chi connectivity index (χ4v) is 3.61. The van der Waals surface area contributed by atoms with Crippen LogP contribution in [0.1, 0.15) is 5.56 Å². The van der Waals surface area contributed by atoms with Gasteiger partial charge in [0.05, 0.1) is 17.7 Å². The summed E-state index contributed by atoms with van der Waals surface area (Å²) in [6.07, 6.45) is 0.962. The minimum Gasteiger partial charge on any atom is -0.383 e. The number of ether oxygens (including phenoxy) is 1. The number of thiazole rings is 1. The molecule has 140 valence electrons. The first-order chi connectivity index (χ1) is 12.3. The monoisotopic (exact) mass is 400 g/mol. The Bertz CT molecular complexity index is 897. The van der Waals surface area contributed by atoms with Gasteiger partial charge in [-0.15, -0.1) is 0 Å². The van der Waals surface area contributed by atoms with Crippen LogP contribution in [0.2, 0.25) is 0 Å². The summed E-state index contributed by atoms with van der Waals surface area (Å²) in [6, 6.07) is 5.36. The Morgan fingerprint density at radius 3 is 2.58 bits per heavy atom. The van der Waals surface area contributed by atoms with Crippen molar-refractivity contribution in [3.05, 3.63) is 41.2 Å². The highest BCUT2D eigenvalue weighted by Gasteiger charge is 2.21. The van der Waals surface area contributed by atoms with Crippen LogP contribution in [0.15, 0.2) is 35.4 Å². The maximum Gasteiger partial charge on any atom is 0.275 e. The van der Waals surface area contributed by atoms with Gasteiger partial charge in [0.15, 0.2) is 10.3 Å². The fourth-order valence-electron chi connectivity index (χ4n) is 1.92. The molecule has 8 nitrogen and oxygen atoms in total. The third-order valence-electron chi connectivity index (χ3n) is 3.39. The lowest BCUT2D eigenvalue weighted by Crippen LogP contribution is -2.30. The first-order valence-electron chi connectivity index (χ1n) is 7.32. The molecule has 0 aliphatic rings. The van der Waals surface area contributed by atoms with E-state index in [0.29, 0.717) is 11.3 Å². The van der Waals surface area contributed by atoms with Crippen LogP contribution in [0.25, 0.3) is 0 Å². The van der Waals surface area contributed by atoms with Crippen LogP contribution in [-0.4, -0.2) is 56.6 Å². The number of rotatable bonds is 8. The third-order valence-corrected chi connectivity index (χ3v) is 5.96. The van der Waals surface area contributed by atoms with E-state index in [0.717, 1.165) is 10.5 Å². The quantitative estimate of drug-likeness (QED) is 0.653. The number of methoxy groups -OCH3 is 1. The minimum atomic E-state index is -3.69. The van der Waals surface area contributed by atoms with Crippen LogP contribution in [0, 0.1) is 10.5 Å². The van der Waals surface area contributed by atoms with E-state index in [-0.39, 0.29) is 28.7 Å². The van der Waals surface area contributed by atoms with Crippen molar-refractivity contribution < 1.29 is 22.3 Å². The SMILES string of the molecule is COCCN(C)S(=O)(=O)c1ccc(C(=N)C(=O)Nc2ncc(F)s2)cc1. The lowest BCUT2D eigenvalue weighted by atomic mass is 10.1. The molecule has 2 rings (SSSR count). The van der Waals surface area contributed by atoms with Crippen LogP contribution < -0.4 is 5.32 Å². The van der Waals surface area contributed by atoms with Gasteiger partial charge in [-0.05, 0) is 12.1 Å². The molecule has 1 aromatic carbocycles. The second kappa shape index (κ2) is 8.45. The molecule has 0 atom stereocenters. The number of sulfonamides is 1. The first-order valence-corrected chi connectivity index (χ1v) is 9.58. The topological polar surface area (TPSA) is 112 Å². The summed E-state index contributed by atoms with van der Waals surface area (Å²) in [5.74, 6) is -0.771. The molecule has 0 spiro atoms. The summed E-state index contributed by atoms with van der Waals surface area (Å²) in [4.78, 5) is 15.7. The number of carbonyl (C=O) groups is 1. The van der Waals surface area contributed by atoms with Gasteiger partial charge in [-0.1, -0.05) is 23.5 Å². The number of halogens is 1. The zero-order chi connectivity index (χ0) is 19.3. The molecule has 1 heterocycles. The van der Waals surface area contributed by atoms with Gasteiger partial charge < -0.3 is 4.74 Å². The van der Waals surface area contributed by atoms with Crippen molar-refractivity contribution in [1.82, 2.24) is 9.29 Å². The number of likely N-dealkylation sites (N-methyl/N-ethyl adjacent to an activating group) is 1. The molecule has 1 aromatic heterocycles. The highest BCUT2D eigenvalue weighted by atomic mass is 32.2. The van der Waals surface area contributed by atoms with E-state index in [2.05, 4.69) is 10.3 Å². The lowest BCUT2D eigenvalue weighted by Gasteiger charge is -2.16. The van der Waals surface area contributed by atoms with Gasteiger partial charge in [0.1, 0.15) is 5.71 Å². The number of benzene rings is 1. The van der Waals surface area contributed by atoms with E-state index in [1.54, 1.807) is 0 Å². The number of nitrogens with zero attached hydrogens (tertiary/aromatic N) is 2. The zero-order valence-electron chi connectivity index (χ0n) is 14.0. The minimum absolute atomic E-state index is 0.0371. The van der Waals surface area contributed by atoms with Gasteiger partial charge in [-0.2, -0.15) is 8.70 Å². The molecule has 2 N–H and O–H groups in total. The Balaban J connectivity index is 2.10. The van der Waals surface area contributed by atoms with Crippen molar-refractivity contribution >= 4 is 38.1 Å². The van der Waals surface area contributed by atoms with E-state index < -0.39 is 26.8 Å². The van der Waals surface area contributed by atoms with Gasteiger partial charge in [0.2, 0.25) is 10.0 Å². The van der Waals surface area contributed by atoms with Crippen molar-refractivity contribution in [2.24, 2.45) is 0 Å².